The van der Waals surface area contributed by atoms with Crippen LogP contribution < -0.4 is 14.8 Å². The summed E-state index contributed by atoms with van der Waals surface area (Å²) >= 11 is 0. The maximum Gasteiger partial charge on any atom is 0.119 e. The smallest absolute Gasteiger partial charge is 0.119 e. The molecule has 0 saturated heterocycles. The van der Waals surface area contributed by atoms with Gasteiger partial charge in [-0.1, -0.05) is 62.4 Å². The molecule has 3 aromatic rings. The normalized spacial score (nSPS) is 12.4. The van der Waals surface area contributed by atoms with E-state index in [9.17, 15) is 0 Å². The van der Waals surface area contributed by atoms with E-state index in [-0.39, 0.29) is 0 Å². The number of nitrogens with one attached hydrogen (secondary N) is 1. The van der Waals surface area contributed by atoms with Crippen LogP contribution in [0.15, 0.2) is 78.5 Å². The lowest BCUT2D eigenvalue weighted by atomic mass is 10.1. The summed E-state index contributed by atoms with van der Waals surface area (Å²) in [6, 6.07) is 25.3. The Morgan fingerprint density at radius 2 is 1.58 bits per heavy atom. The molecule has 3 aromatic carbocycles. The van der Waals surface area contributed by atoms with Crippen molar-refractivity contribution in [1.29, 1.82) is 0 Å². The van der Waals surface area contributed by atoms with Crippen molar-refractivity contribution in [2.75, 3.05) is 32.8 Å². The van der Waals surface area contributed by atoms with Crippen LogP contribution in [0.4, 0.5) is 0 Å². The highest BCUT2D eigenvalue weighted by Gasteiger charge is 2.13. The van der Waals surface area contributed by atoms with Crippen LogP contribution in [-0.4, -0.2) is 37.7 Å². The Kier molecular flexibility index (Phi) is 9.87. The first-order valence-electron chi connectivity index (χ1n) is 13.4. The molecule has 4 nitrogen and oxygen atoms in total. The highest BCUT2D eigenvalue weighted by atomic mass is 16.5. The minimum absolute atomic E-state index is 0.603. The van der Waals surface area contributed by atoms with Crippen molar-refractivity contribution in [3.63, 3.8) is 0 Å². The molecular formula is C32H40N2O2. The Bertz CT molecular complexity index is 1090. The largest absolute Gasteiger partial charge is 0.494 e. The fraction of sp³-hybridized carbons (Fsp3) is 0.375. The standard InChI is InChI=1S/C32H40N2O2/c1-3-34(4-2)20-9-21-35-32-18-15-28-22-30(23-29(28)24-32)33-19-8-12-26-13-16-31(17-14-26)36-25-27-10-6-5-7-11-27/h5-7,10-11,13-18,22,24,33H,3-4,8-9,12,19-21,23,25H2,1-2H3. The second-order valence-electron chi connectivity index (χ2n) is 9.38. The minimum atomic E-state index is 0.603. The number of rotatable bonds is 15. The highest BCUT2D eigenvalue weighted by molar-refractivity contribution is 5.64. The monoisotopic (exact) mass is 484 g/mol. The van der Waals surface area contributed by atoms with Gasteiger partial charge in [0.1, 0.15) is 18.1 Å². The molecular weight excluding hydrogens is 444 g/mol. The molecule has 0 bridgehead atoms. The van der Waals surface area contributed by atoms with Gasteiger partial charge < -0.3 is 19.7 Å². The van der Waals surface area contributed by atoms with E-state index < -0.39 is 0 Å². The van der Waals surface area contributed by atoms with Crippen molar-refractivity contribution >= 4 is 6.08 Å². The number of ether oxygens (including phenoxy) is 2. The van der Waals surface area contributed by atoms with Crippen LogP contribution in [-0.2, 0) is 19.4 Å². The van der Waals surface area contributed by atoms with Gasteiger partial charge in [0.05, 0.1) is 6.61 Å². The molecule has 190 valence electrons. The number of benzene rings is 3. The molecule has 0 aliphatic heterocycles. The number of fused-ring (bicyclic) bond motifs is 1. The second kappa shape index (κ2) is 13.7. The number of aryl methyl sites for hydroxylation is 1. The lowest BCUT2D eigenvalue weighted by Gasteiger charge is -2.17. The van der Waals surface area contributed by atoms with Gasteiger partial charge in [-0.05, 0) is 84.9 Å². The van der Waals surface area contributed by atoms with Gasteiger partial charge in [-0.2, -0.15) is 0 Å². The molecule has 0 amide bonds. The number of hydrogen-bond acceptors (Lipinski definition) is 4. The summed E-state index contributed by atoms with van der Waals surface area (Å²) in [5.74, 6) is 1.90. The zero-order chi connectivity index (χ0) is 25.0. The summed E-state index contributed by atoms with van der Waals surface area (Å²) in [6.07, 6.45) is 6.45. The van der Waals surface area contributed by atoms with Gasteiger partial charge in [0.25, 0.3) is 0 Å². The van der Waals surface area contributed by atoms with E-state index in [1.54, 1.807) is 0 Å². The molecule has 0 saturated carbocycles. The van der Waals surface area contributed by atoms with Crippen molar-refractivity contribution in [3.8, 4) is 11.5 Å². The van der Waals surface area contributed by atoms with E-state index in [0.29, 0.717) is 6.61 Å². The molecule has 0 heterocycles. The van der Waals surface area contributed by atoms with E-state index in [0.717, 1.165) is 70.0 Å². The van der Waals surface area contributed by atoms with Crippen LogP contribution in [0, 0.1) is 0 Å². The Labute approximate surface area is 216 Å². The molecule has 0 unspecified atom stereocenters. The van der Waals surface area contributed by atoms with E-state index >= 15 is 0 Å². The highest BCUT2D eigenvalue weighted by Crippen LogP contribution is 2.27. The predicted octanol–water partition coefficient (Wildman–Crippen LogP) is 6.50. The van der Waals surface area contributed by atoms with Crippen molar-refractivity contribution in [1.82, 2.24) is 10.2 Å². The third-order valence-electron chi connectivity index (χ3n) is 6.77. The summed E-state index contributed by atoms with van der Waals surface area (Å²) in [7, 11) is 0. The summed E-state index contributed by atoms with van der Waals surface area (Å²) < 4.78 is 11.9. The summed E-state index contributed by atoms with van der Waals surface area (Å²) in [5.41, 5.74) is 6.48. The van der Waals surface area contributed by atoms with Crippen LogP contribution >= 0.6 is 0 Å². The van der Waals surface area contributed by atoms with Crippen LogP contribution in [0.25, 0.3) is 6.08 Å². The van der Waals surface area contributed by atoms with Gasteiger partial charge in [0, 0.05) is 25.2 Å². The topological polar surface area (TPSA) is 33.7 Å². The minimum Gasteiger partial charge on any atom is -0.494 e. The van der Waals surface area contributed by atoms with Crippen LogP contribution in [0.2, 0.25) is 0 Å². The molecule has 0 radical (unpaired) electrons. The van der Waals surface area contributed by atoms with Crippen molar-refractivity contribution in [2.45, 2.75) is 46.1 Å². The number of allylic oxidation sites excluding steroid dienone is 1. The van der Waals surface area contributed by atoms with Gasteiger partial charge in [0.15, 0.2) is 0 Å². The summed E-state index contributed by atoms with van der Waals surface area (Å²) in [6.45, 7) is 10.1. The van der Waals surface area contributed by atoms with Gasteiger partial charge in [0.2, 0.25) is 0 Å². The fourth-order valence-corrected chi connectivity index (χ4v) is 4.58. The summed E-state index contributed by atoms with van der Waals surface area (Å²) in [5, 5.41) is 3.64. The molecule has 0 aromatic heterocycles. The van der Waals surface area contributed by atoms with E-state index in [1.165, 1.54) is 28.0 Å². The van der Waals surface area contributed by atoms with E-state index in [1.807, 2.05) is 18.2 Å². The van der Waals surface area contributed by atoms with Crippen molar-refractivity contribution in [3.05, 3.63) is 101 Å². The average Bonchev–Trinajstić information content (AvgIpc) is 3.33. The van der Waals surface area contributed by atoms with Crippen LogP contribution in [0.3, 0.4) is 0 Å². The third-order valence-corrected chi connectivity index (χ3v) is 6.77. The Morgan fingerprint density at radius 3 is 2.36 bits per heavy atom. The second-order valence-corrected chi connectivity index (χ2v) is 9.38. The number of nitrogens with zero attached hydrogens (tertiary/aromatic N) is 1. The first-order valence-corrected chi connectivity index (χ1v) is 13.4. The molecule has 0 spiro atoms. The van der Waals surface area contributed by atoms with Crippen molar-refractivity contribution < 1.29 is 9.47 Å². The Hall–Kier alpha value is -3.24. The zero-order valence-electron chi connectivity index (χ0n) is 21.8. The average molecular weight is 485 g/mol. The maximum atomic E-state index is 6.02. The molecule has 4 rings (SSSR count). The molecule has 1 aliphatic rings. The molecule has 1 aliphatic carbocycles. The first-order chi connectivity index (χ1) is 17.7. The van der Waals surface area contributed by atoms with Gasteiger partial charge in [-0.25, -0.2) is 0 Å². The maximum absolute atomic E-state index is 6.02. The van der Waals surface area contributed by atoms with Crippen molar-refractivity contribution in [2.24, 2.45) is 0 Å². The zero-order valence-corrected chi connectivity index (χ0v) is 21.8. The Morgan fingerprint density at radius 1 is 0.806 bits per heavy atom. The molecule has 4 heteroatoms. The van der Waals surface area contributed by atoms with E-state index in [4.69, 9.17) is 9.47 Å². The van der Waals surface area contributed by atoms with Gasteiger partial charge >= 0.3 is 0 Å². The van der Waals surface area contributed by atoms with Gasteiger partial charge in [-0.3, -0.25) is 0 Å². The van der Waals surface area contributed by atoms with Crippen LogP contribution in [0.5, 0.6) is 11.5 Å². The lowest BCUT2D eigenvalue weighted by molar-refractivity contribution is 0.249. The molecule has 1 N–H and O–H groups in total. The fourth-order valence-electron chi connectivity index (χ4n) is 4.58. The quantitative estimate of drug-likeness (QED) is 0.250. The molecule has 0 fully saturated rings. The SMILES string of the molecule is CCN(CC)CCCOc1ccc2c(c1)CC(NCCCc1ccc(OCc3ccccc3)cc1)=C2. The lowest BCUT2D eigenvalue weighted by Crippen LogP contribution is -2.25. The predicted molar refractivity (Wildman–Crippen MR) is 150 cm³/mol. The molecule has 36 heavy (non-hydrogen) atoms. The summed E-state index contributed by atoms with van der Waals surface area (Å²) in [4.78, 5) is 2.44. The van der Waals surface area contributed by atoms with Crippen LogP contribution in [0.1, 0.15) is 48.9 Å². The first kappa shape index (κ1) is 25.8. The number of hydrogen-bond donors (Lipinski definition) is 1. The van der Waals surface area contributed by atoms with Gasteiger partial charge in [-0.15, -0.1) is 0 Å². The van der Waals surface area contributed by atoms with E-state index in [2.05, 4.69) is 84.7 Å². The Balaban J connectivity index is 1.13. The third kappa shape index (κ3) is 7.89. The molecule has 0 atom stereocenters.